The lowest BCUT2D eigenvalue weighted by atomic mass is 9.86. The summed E-state index contributed by atoms with van der Waals surface area (Å²) in [5.74, 6) is -3.86. The fraction of sp³-hybridized carbons (Fsp3) is 0.464. The molecule has 40 heavy (non-hydrogen) atoms. The van der Waals surface area contributed by atoms with Crippen LogP contribution in [-0.2, 0) is 9.59 Å². The summed E-state index contributed by atoms with van der Waals surface area (Å²) in [7, 11) is 0. The van der Waals surface area contributed by atoms with Gasteiger partial charge in [0.25, 0.3) is 11.8 Å². The second-order valence-corrected chi connectivity index (χ2v) is 10.1. The van der Waals surface area contributed by atoms with E-state index < -0.39 is 43.3 Å². The van der Waals surface area contributed by atoms with Crippen molar-refractivity contribution in [3.63, 3.8) is 0 Å². The Hall–Kier alpha value is -4.11. The van der Waals surface area contributed by atoms with Crippen molar-refractivity contribution in [3.05, 3.63) is 48.3 Å². The van der Waals surface area contributed by atoms with Crippen molar-refractivity contribution in [2.24, 2.45) is 11.7 Å². The van der Waals surface area contributed by atoms with E-state index in [0.717, 1.165) is 30.6 Å². The molecule has 1 atom stereocenters. The number of alkyl halides is 2. The molecule has 1 aliphatic carbocycles. The first-order valence-corrected chi connectivity index (χ1v) is 13.2. The molecule has 1 aromatic heterocycles. The standard InChI is InChI=1S/C28H32F2N6O4/c29-28(30)13-21(14-31)36(17-28)25(37)16-35-27(39)23-9-10-33-15-24(23)18-3-7-22(8-4-18)40-12-11-34-26(38)19-1-5-20(32)6-2-19/h3-4,7-10,15,19-21H,1-2,5-6,11-13,16-17,32H2,(H,34,38)(H,35,39)/t19?,20?,21-/m0/s1. The van der Waals surface area contributed by atoms with Crippen LogP contribution >= 0.6 is 0 Å². The van der Waals surface area contributed by atoms with E-state index in [1.165, 1.54) is 18.5 Å². The van der Waals surface area contributed by atoms with Gasteiger partial charge in [-0.1, -0.05) is 12.1 Å². The minimum absolute atomic E-state index is 0.00233. The summed E-state index contributed by atoms with van der Waals surface area (Å²) in [4.78, 5) is 42.5. The predicted octanol–water partition coefficient (Wildman–Crippen LogP) is 2.25. The number of pyridine rings is 1. The van der Waals surface area contributed by atoms with Gasteiger partial charge in [-0.05, 0) is 49.4 Å². The zero-order chi connectivity index (χ0) is 28.7. The van der Waals surface area contributed by atoms with Crippen molar-refractivity contribution >= 4 is 17.7 Å². The van der Waals surface area contributed by atoms with E-state index in [2.05, 4.69) is 15.6 Å². The number of benzene rings is 1. The number of carbonyl (C=O) groups is 3. The second kappa shape index (κ2) is 12.8. The Labute approximate surface area is 230 Å². The van der Waals surface area contributed by atoms with Crippen LogP contribution in [0.3, 0.4) is 0 Å². The van der Waals surface area contributed by atoms with E-state index in [0.29, 0.717) is 30.0 Å². The van der Waals surface area contributed by atoms with Gasteiger partial charge in [0.2, 0.25) is 11.8 Å². The SMILES string of the molecule is N#C[C@@H]1CC(F)(F)CN1C(=O)CNC(=O)c1ccncc1-c1ccc(OCCNC(=O)C2CCC(N)CC2)cc1. The Kier molecular flexibility index (Phi) is 9.26. The van der Waals surface area contributed by atoms with E-state index in [-0.39, 0.29) is 23.4 Å². The summed E-state index contributed by atoms with van der Waals surface area (Å²) in [5, 5.41) is 14.5. The molecular formula is C28H32F2N6O4. The van der Waals surface area contributed by atoms with Gasteiger partial charge in [-0.2, -0.15) is 5.26 Å². The number of aromatic nitrogens is 1. The first-order valence-electron chi connectivity index (χ1n) is 13.2. The number of ether oxygens (including phenoxy) is 1. The fourth-order valence-electron chi connectivity index (χ4n) is 4.97. The van der Waals surface area contributed by atoms with Crippen LogP contribution in [-0.4, -0.2) is 71.9 Å². The van der Waals surface area contributed by atoms with Gasteiger partial charge < -0.3 is 26.0 Å². The third kappa shape index (κ3) is 7.30. The number of halogens is 2. The lowest BCUT2D eigenvalue weighted by Gasteiger charge is -2.25. The molecule has 1 saturated heterocycles. The van der Waals surface area contributed by atoms with Crippen molar-refractivity contribution in [2.75, 3.05) is 26.2 Å². The highest BCUT2D eigenvalue weighted by Crippen LogP contribution is 2.31. The number of likely N-dealkylation sites (tertiary alicyclic amines) is 1. The summed E-state index contributed by atoms with van der Waals surface area (Å²) in [5.41, 5.74) is 7.31. The van der Waals surface area contributed by atoms with Crippen LogP contribution in [0, 0.1) is 17.2 Å². The van der Waals surface area contributed by atoms with Gasteiger partial charge in [0.15, 0.2) is 0 Å². The predicted molar refractivity (Wildman–Crippen MR) is 141 cm³/mol. The van der Waals surface area contributed by atoms with Gasteiger partial charge in [0.1, 0.15) is 18.4 Å². The smallest absolute Gasteiger partial charge is 0.268 e. The lowest BCUT2D eigenvalue weighted by molar-refractivity contribution is -0.131. The number of rotatable bonds is 9. The maximum Gasteiger partial charge on any atom is 0.268 e. The molecule has 0 radical (unpaired) electrons. The van der Waals surface area contributed by atoms with E-state index in [4.69, 9.17) is 15.7 Å². The molecule has 1 aromatic carbocycles. The number of nitrogens with one attached hydrogen (secondary N) is 2. The van der Waals surface area contributed by atoms with Crippen LogP contribution in [0.5, 0.6) is 5.75 Å². The number of hydrogen-bond donors (Lipinski definition) is 3. The fourth-order valence-corrected chi connectivity index (χ4v) is 4.97. The molecule has 0 unspecified atom stereocenters. The third-order valence-electron chi connectivity index (χ3n) is 7.18. The monoisotopic (exact) mass is 554 g/mol. The number of nitrogens with zero attached hydrogens (tertiary/aromatic N) is 3. The quantitative estimate of drug-likeness (QED) is 0.402. The van der Waals surface area contributed by atoms with Gasteiger partial charge in [0, 0.05) is 36.3 Å². The van der Waals surface area contributed by atoms with E-state index >= 15 is 0 Å². The minimum atomic E-state index is -3.13. The Balaban J connectivity index is 1.28. The molecule has 12 heteroatoms. The largest absolute Gasteiger partial charge is 0.492 e. The molecular weight excluding hydrogens is 522 g/mol. The zero-order valence-corrected chi connectivity index (χ0v) is 21.9. The molecule has 0 spiro atoms. The summed E-state index contributed by atoms with van der Waals surface area (Å²) < 4.78 is 33.0. The minimum Gasteiger partial charge on any atom is -0.492 e. The van der Waals surface area contributed by atoms with Crippen molar-refractivity contribution in [2.45, 2.75) is 50.1 Å². The number of amides is 3. The summed E-state index contributed by atoms with van der Waals surface area (Å²) >= 11 is 0. The first kappa shape index (κ1) is 28.9. The van der Waals surface area contributed by atoms with Crippen LogP contribution in [0.15, 0.2) is 42.7 Å². The Bertz CT molecular complexity index is 1260. The maximum atomic E-state index is 13.7. The molecule has 2 fully saturated rings. The Morgan fingerprint density at radius 1 is 1.12 bits per heavy atom. The molecule has 4 N–H and O–H groups in total. The molecule has 4 rings (SSSR count). The highest BCUT2D eigenvalue weighted by Gasteiger charge is 2.47. The van der Waals surface area contributed by atoms with Crippen LogP contribution in [0.2, 0.25) is 0 Å². The van der Waals surface area contributed by atoms with Gasteiger partial charge in [-0.15, -0.1) is 0 Å². The van der Waals surface area contributed by atoms with Crippen molar-refractivity contribution in [3.8, 4) is 22.9 Å². The molecule has 2 heterocycles. The Morgan fingerprint density at radius 2 is 1.85 bits per heavy atom. The summed E-state index contributed by atoms with van der Waals surface area (Å²) in [6.45, 7) is -0.705. The average molecular weight is 555 g/mol. The topological polar surface area (TPSA) is 150 Å². The molecule has 0 bridgehead atoms. The van der Waals surface area contributed by atoms with Gasteiger partial charge in [-0.3, -0.25) is 19.4 Å². The maximum absolute atomic E-state index is 13.7. The van der Waals surface area contributed by atoms with Crippen LogP contribution in [0.25, 0.3) is 11.1 Å². The molecule has 212 valence electrons. The van der Waals surface area contributed by atoms with Gasteiger partial charge >= 0.3 is 0 Å². The summed E-state index contributed by atoms with van der Waals surface area (Å²) in [6, 6.07) is 9.12. The highest BCUT2D eigenvalue weighted by atomic mass is 19.3. The Morgan fingerprint density at radius 3 is 2.55 bits per heavy atom. The normalized spacial score (nSPS) is 21.8. The number of hydrogen-bond acceptors (Lipinski definition) is 7. The summed E-state index contributed by atoms with van der Waals surface area (Å²) in [6.07, 6.45) is 5.55. The van der Waals surface area contributed by atoms with Crippen molar-refractivity contribution in [1.82, 2.24) is 20.5 Å². The average Bonchev–Trinajstić information content (AvgIpc) is 3.29. The molecule has 2 aliphatic rings. The van der Waals surface area contributed by atoms with E-state index in [9.17, 15) is 23.2 Å². The van der Waals surface area contributed by atoms with E-state index in [1.807, 2.05) is 0 Å². The van der Waals surface area contributed by atoms with Crippen LogP contribution < -0.4 is 21.1 Å². The van der Waals surface area contributed by atoms with Crippen LogP contribution in [0.4, 0.5) is 8.78 Å². The number of nitriles is 1. The van der Waals surface area contributed by atoms with E-state index in [1.54, 1.807) is 30.3 Å². The van der Waals surface area contributed by atoms with Gasteiger partial charge in [0.05, 0.1) is 31.3 Å². The highest BCUT2D eigenvalue weighted by molar-refractivity contribution is 6.02. The molecule has 1 aliphatic heterocycles. The third-order valence-corrected chi connectivity index (χ3v) is 7.18. The van der Waals surface area contributed by atoms with Crippen LogP contribution in [0.1, 0.15) is 42.5 Å². The molecule has 10 nitrogen and oxygen atoms in total. The number of carbonyl (C=O) groups excluding carboxylic acids is 3. The number of nitrogens with two attached hydrogens (primary N) is 1. The first-order chi connectivity index (χ1) is 19.2. The van der Waals surface area contributed by atoms with Crippen molar-refractivity contribution < 1.29 is 27.9 Å². The lowest BCUT2D eigenvalue weighted by Crippen LogP contribution is -2.43. The molecule has 3 amide bonds. The molecule has 1 saturated carbocycles. The van der Waals surface area contributed by atoms with Gasteiger partial charge in [-0.25, -0.2) is 8.78 Å². The van der Waals surface area contributed by atoms with Crippen molar-refractivity contribution in [1.29, 1.82) is 5.26 Å². The molecule has 2 aromatic rings. The second-order valence-electron chi connectivity index (χ2n) is 10.1. The zero-order valence-electron chi connectivity index (χ0n) is 21.9.